The summed E-state index contributed by atoms with van der Waals surface area (Å²) in [6.45, 7) is 1.69. The highest BCUT2D eigenvalue weighted by Gasteiger charge is 2.32. The van der Waals surface area contributed by atoms with Crippen LogP contribution in [0, 0.1) is 5.82 Å². The van der Waals surface area contributed by atoms with Crippen molar-refractivity contribution < 1.29 is 17.6 Å². The van der Waals surface area contributed by atoms with Crippen LogP contribution in [0.15, 0.2) is 48.5 Å². The molecule has 1 unspecified atom stereocenters. The molecule has 0 aliphatic heterocycles. The van der Waals surface area contributed by atoms with E-state index in [1.807, 2.05) is 0 Å². The molecule has 1 heterocycles. The number of nitrogens with one attached hydrogen (secondary N) is 1. The molecule has 11 heteroatoms. The van der Waals surface area contributed by atoms with Crippen LogP contribution in [0.5, 0.6) is 0 Å². The molecule has 3 aromatic rings. The Kier molecular flexibility index (Phi) is 6.69. The number of aromatic nitrogens is 2. The lowest BCUT2D eigenvalue weighted by molar-refractivity contribution is -0.117. The molecule has 7 nitrogen and oxygen atoms in total. The van der Waals surface area contributed by atoms with Crippen molar-refractivity contribution >= 4 is 49.7 Å². The molecule has 30 heavy (non-hydrogen) atoms. The molecule has 0 aliphatic rings. The molecule has 1 aromatic heterocycles. The monoisotopic (exact) mass is 468 g/mol. The summed E-state index contributed by atoms with van der Waals surface area (Å²) < 4.78 is 39.1. The Balaban J connectivity index is 1.84. The molecule has 1 amide bonds. The van der Waals surface area contributed by atoms with Gasteiger partial charge in [-0.3, -0.25) is 14.4 Å². The van der Waals surface area contributed by atoms with E-state index < -0.39 is 27.8 Å². The second-order valence-corrected chi connectivity index (χ2v) is 9.64. The van der Waals surface area contributed by atoms with E-state index in [2.05, 4.69) is 15.5 Å². The van der Waals surface area contributed by atoms with Crippen molar-refractivity contribution in [2.24, 2.45) is 0 Å². The van der Waals surface area contributed by atoms with E-state index in [-0.39, 0.29) is 17.2 Å². The van der Waals surface area contributed by atoms with Gasteiger partial charge in [-0.15, -0.1) is 10.2 Å². The van der Waals surface area contributed by atoms with Gasteiger partial charge in [-0.25, -0.2) is 12.8 Å². The molecule has 0 spiro atoms. The van der Waals surface area contributed by atoms with Gasteiger partial charge in [0.15, 0.2) is 0 Å². The van der Waals surface area contributed by atoms with Gasteiger partial charge < -0.3 is 0 Å². The van der Waals surface area contributed by atoms with E-state index in [1.165, 1.54) is 12.1 Å². The van der Waals surface area contributed by atoms with Crippen LogP contribution in [0.4, 0.5) is 15.2 Å². The third-order valence-corrected chi connectivity index (χ3v) is 6.48. The predicted molar refractivity (Wildman–Crippen MR) is 117 cm³/mol. The van der Waals surface area contributed by atoms with E-state index in [0.717, 1.165) is 39.6 Å². The maximum atomic E-state index is 13.3. The second kappa shape index (κ2) is 9.07. The molecule has 0 bridgehead atoms. The van der Waals surface area contributed by atoms with Crippen molar-refractivity contribution in [3.05, 3.63) is 59.4 Å². The van der Waals surface area contributed by atoms with Crippen molar-refractivity contribution in [2.45, 2.75) is 19.4 Å². The number of rotatable bonds is 7. The largest absolute Gasteiger partial charge is 0.299 e. The zero-order valence-electron chi connectivity index (χ0n) is 16.0. The van der Waals surface area contributed by atoms with Gasteiger partial charge in [-0.2, -0.15) is 0 Å². The van der Waals surface area contributed by atoms with Gasteiger partial charge in [0.2, 0.25) is 21.1 Å². The number of carbonyl (C=O) groups excluding carboxylic acids is 1. The molecule has 3 rings (SSSR count). The highest BCUT2D eigenvalue weighted by atomic mass is 35.5. The average Bonchev–Trinajstić information content (AvgIpc) is 3.15. The number of amides is 1. The zero-order valence-corrected chi connectivity index (χ0v) is 18.4. The fourth-order valence-corrected chi connectivity index (χ4v) is 4.91. The SMILES string of the molecule is CCC(C(=O)Nc1nnc(-c2ccc(Cl)cc2)s1)N(c1ccc(F)cc1)S(C)(=O)=O. The van der Waals surface area contributed by atoms with E-state index >= 15 is 0 Å². The minimum absolute atomic E-state index is 0.194. The number of hydrogen-bond acceptors (Lipinski definition) is 6. The topological polar surface area (TPSA) is 92.3 Å². The number of anilines is 2. The van der Waals surface area contributed by atoms with E-state index in [9.17, 15) is 17.6 Å². The Morgan fingerprint density at radius 3 is 2.37 bits per heavy atom. The molecular formula is C19H18ClFN4O3S2. The summed E-state index contributed by atoms with van der Waals surface area (Å²) in [5.41, 5.74) is 0.980. The third-order valence-electron chi connectivity index (χ3n) is 4.16. The minimum Gasteiger partial charge on any atom is -0.299 e. The number of benzene rings is 2. The van der Waals surface area contributed by atoms with Crippen molar-refractivity contribution in [2.75, 3.05) is 15.9 Å². The van der Waals surface area contributed by atoms with Crippen LogP contribution in [-0.2, 0) is 14.8 Å². The average molecular weight is 469 g/mol. The summed E-state index contributed by atoms with van der Waals surface area (Å²) in [5, 5.41) is 12.0. The van der Waals surface area contributed by atoms with E-state index in [1.54, 1.807) is 31.2 Å². The fourth-order valence-electron chi connectivity index (χ4n) is 2.82. The number of hydrogen-bond donors (Lipinski definition) is 1. The van der Waals surface area contributed by atoms with Crippen molar-refractivity contribution in [3.8, 4) is 10.6 Å². The van der Waals surface area contributed by atoms with Crippen LogP contribution < -0.4 is 9.62 Å². The van der Waals surface area contributed by atoms with Crippen molar-refractivity contribution in [3.63, 3.8) is 0 Å². The molecule has 0 saturated carbocycles. The van der Waals surface area contributed by atoms with Gasteiger partial charge >= 0.3 is 0 Å². The summed E-state index contributed by atoms with van der Waals surface area (Å²) in [7, 11) is -3.82. The lowest BCUT2D eigenvalue weighted by atomic mass is 10.2. The fraction of sp³-hybridized carbons (Fsp3) is 0.211. The number of sulfonamides is 1. The van der Waals surface area contributed by atoms with Crippen LogP contribution in [0.25, 0.3) is 10.6 Å². The first kappa shape index (κ1) is 22.1. The van der Waals surface area contributed by atoms with E-state index in [4.69, 9.17) is 11.6 Å². The van der Waals surface area contributed by atoms with Crippen LogP contribution in [0.2, 0.25) is 5.02 Å². The molecular weight excluding hydrogens is 451 g/mol. The van der Waals surface area contributed by atoms with Gasteiger partial charge in [-0.05, 0) is 42.8 Å². The second-order valence-electron chi connectivity index (χ2n) is 6.37. The van der Waals surface area contributed by atoms with Crippen LogP contribution >= 0.6 is 22.9 Å². The molecule has 0 saturated heterocycles. The molecule has 1 N–H and O–H groups in total. The van der Waals surface area contributed by atoms with Crippen LogP contribution in [0.1, 0.15) is 13.3 Å². The van der Waals surface area contributed by atoms with Gasteiger partial charge in [0.25, 0.3) is 0 Å². The smallest absolute Gasteiger partial charge is 0.250 e. The van der Waals surface area contributed by atoms with Crippen LogP contribution in [-0.4, -0.2) is 36.8 Å². The molecule has 158 valence electrons. The first-order chi connectivity index (χ1) is 14.2. The number of carbonyl (C=O) groups is 1. The summed E-state index contributed by atoms with van der Waals surface area (Å²) in [6.07, 6.45) is 1.19. The molecule has 1 atom stereocenters. The third kappa shape index (κ3) is 5.13. The van der Waals surface area contributed by atoms with Gasteiger partial charge in [-0.1, -0.05) is 42.0 Å². The summed E-state index contributed by atoms with van der Waals surface area (Å²) in [5.74, 6) is -1.07. The molecule has 0 radical (unpaired) electrons. The Labute approximate surface area is 182 Å². The van der Waals surface area contributed by atoms with Crippen molar-refractivity contribution in [1.82, 2.24) is 10.2 Å². The van der Waals surface area contributed by atoms with Gasteiger partial charge in [0, 0.05) is 10.6 Å². The molecule has 0 aliphatic carbocycles. The predicted octanol–water partition coefficient (Wildman–Crippen LogP) is 4.18. The maximum absolute atomic E-state index is 13.3. The number of halogens is 2. The maximum Gasteiger partial charge on any atom is 0.250 e. The highest BCUT2D eigenvalue weighted by Crippen LogP contribution is 2.28. The summed E-state index contributed by atoms with van der Waals surface area (Å²) >= 11 is 7.04. The number of nitrogens with zero attached hydrogens (tertiary/aromatic N) is 3. The summed E-state index contributed by atoms with van der Waals surface area (Å²) in [6, 6.07) is 10.9. The zero-order chi connectivity index (χ0) is 21.9. The van der Waals surface area contributed by atoms with Crippen molar-refractivity contribution in [1.29, 1.82) is 0 Å². The van der Waals surface area contributed by atoms with Crippen LogP contribution in [0.3, 0.4) is 0 Å². The normalized spacial score (nSPS) is 12.4. The minimum atomic E-state index is -3.82. The first-order valence-electron chi connectivity index (χ1n) is 8.84. The molecule has 0 fully saturated rings. The standard InChI is InChI=1S/C19H18ClFN4O3S2/c1-3-16(25(30(2,27)28)15-10-8-14(21)9-11-15)17(26)22-19-24-23-18(29-19)12-4-6-13(20)7-5-12/h4-11,16H,3H2,1-2H3,(H,22,24,26). The highest BCUT2D eigenvalue weighted by molar-refractivity contribution is 7.92. The van der Waals surface area contributed by atoms with Gasteiger partial charge in [0.1, 0.15) is 16.9 Å². The van der Waals surface area contributed by atoms with E-state index in [0.29, 0.717) is 10.0 Å². The first-order valence-corrected chi connectivity index (χ1v) is 11.9. The van der Waals surface area contributed by atoms with Gasteiger partial charge in [0.05, 0.1) is 11.9 Å². The lowest BCUT2D eigenvalue weighted by Crippen LogP contribution is -2.47. The summed E-state index contributed by atoms with van der Waals surface area (Å²) in [4.78, 5) is 12.9. The quantitative estimate of drug-likeness (QED) is 0.561. The Morgan fingerprint density at radius 2 is 1.80 bits per heavy atom. The molecule has 2 aromatic carbocycles. The Bertz CT molecular complexity index is 1140. The Morgan fingerprint density at radius 1 is 1.17 bits per heavy atom. The lowest BCUT2D eigenvalue weighted by Gasteiger charge is -2.29. The Hall–Kier alpha value is -2.56.